The molecule has 6 rings (SSSR count). The van der Waals surface area contributed by atoms with Crippen LogP contribution < -0.4 is 5.32 Å². The predicted octanol–water partition coefficient (Wildman–Crippen LogP) is 4.09. The number of hydrogen-bond donors (Lipinski definition) is 1. The van der Waals surface area contributed by atoms with Crippen molar-refractivity contribution >= 4 is 46.0 Å². The molecule has 1 aliphatic carbocycles. The minimum atomic E-state index is -0.811. The largest absolute Gasteiger partial charge is 0.338 e. The fourth-order valence-electron chi connectivity index (χ4n) is 5.91. The van der Waals surface area contributed by atoms with Gasteiger partial charge in [0.15, 0.2) is 5.78 Å². The highest BCUT2D eigenvalue weighted by molar-refractivity contribution is 7.10. The molecule has 0 spiro atoms. The molecule has 202 valence electrons. The number of ketones is 1. The van der Waals surface area contributed by atoms with E-state index in [0.717, 1.165) is 22.6 Å². The highest BCUT2D eigenvalue weighted by atomic mass is 32.1. The van der Waals surface area contributed by atoms with Crippen molar-refractivity contribution < 1.29 is 19.3 Å². The van der Waals surface area contributed by atoms with Crippen LogP contribution in [0.3, 0.4) is 0 Å². The van der Waals surface area contributed by atoms with Crippen LogP contribution in [-0.2, 0) is 9.59 Å². The van der Waals surface area contributed by atoms with Gasteiger partial charge in [-0.3, -0.25) is 24.5 Å². The number of amides is 2. The summed E-state index contributed by atoms with van der Waals surface area (Å²) in [6.45, 7) is 2.45. The second-order valence-electron chi connectivity index (χ2n) is 10.2. The van der Waals surface area contributed by atoms with E-state index in [-0.39, 0.29) is 29.2 Å². The summed E-state index contributed by atoms with van der Waals surface area (Å²) in [5, 5.41) is 18.4. The van der Waals surface area contributed by atoms with Gasteiger partial charge in [0, 0.05) is 65.5 Å². The van der Waals surface area contributed by atoms with Crippen LogP contribution in [0.15, 0.2) is 59.3 Å². The molecular weight excluding hydrogens is 536 g/mol. The van der Waals surface area contributed by atoms with Gasteiger partial charge in [-0.1, -0.05) is 12.1 Å². The van der Waals surface area contributed by atoms with Gasteiger partial charge in [-0.15, -0.1) is 22.7 Å². The SMILES string of the molecule is O=C(c1ccc([N+](=O)[O-])cc1)C1C(c2cccs2)C(C(=O)N2CCNCC2)N(C(=O)C2CC2)C1c1cccs1. The second kappa shape index (κ2) is 10.6. The number of carbonyl (C=O) groups is 3. The van der Waals surface area contributed by atoms with Crippen LogP contribution in [0.5, 0.6) is 0 Å². The van der Waals surface area contributed by atoms with Crippen LogP contribution in [0.25, 0.3) is 0 Å². The molecule has 1 saturated carbocycles. The maximum absolute atomic E-state index is 14.4. The zero-order chi connectivity index (χ0) is 27.1. The lowest BCUT2D eigenvalue weighted by molar-refractivity contribution is -0.384. The average molecular weight is 565 g/mol. The van der Waals surface area contributed by atoms with Crippen LogP contribution >= 0.6 is 22.7 Å². The molecular formula is C28H28N4O5S2. The summed E-state index contributed by atoms with van der Waals surface area (Å²) < 4.78 is 0. The van der Waals surface area contributed by atoms with Crippen molar-refractivity contribution in [3.05, 3.63) is 84.7 Å². The van der Waals surface area contributed by atoms with Crippen LogP contribution in [0, 0.1) is 22.0 Å². The van der Waals surface area contributed by atoms with E-state index in [0.29, 0.717) is 31.7 Å². The molecule has 11 heteroatoms. The van der Waals surface area contributed by atoms with Gasteiger partial charge in [-0.05, 0) is 47.9 Å². The number of nitro benzene ring substituents is 1. The van der Waals surface area contributed by atoms with Gasteiger partial charge < -0.3 is 15.1 Å². The van der Waals surface area contributed by atoms with Crippen LogP contribution in [0.1, 0.15) is 44.9 Å². The van der Waals surface area contributed by atoms with Gasteiger partial charge in [0.25, 0.3) is 5.69 Å². The molecule has 4 atom stereocenters. The molecule has 3 aliphatic rings. The molecule has 1 N–H and O–H groups in total. The van der Waals surface area contributed by atoms with E-state index in [9.17, 15) is 24.5 Å². The third-order valence-corrected chi connectivity index (χ3v) is 9.82. The first kappa shape index (κ1) is 25.8. The molecule has 39 heavy (non-hydrogen) atoms. The van der Waals surface area contributed by atoms with Crippen LogP contribution in [-0.4, -0.2) is 64.5 Å². The number of nitrogens with zero attached hydrogens (tertiary/aromatic N) is 3. The third-order valence-electron chi connectivity index (χ3n) is 7.90. The molecule has 3 aromatic rings. The third kappa shape index (κ3) is 4.79. The zero-order valence-corrected chi connectivity index (χ0v) is 22.7. The topological polar surface area (TPSA) is 113 Å². The van der Waals surface area contributed by atoms with E-state index in [4.69, 9.17) is 0 Å². The number of non-ortho nitro benzene ring substituents is 1. The fraction of sp³-hybridized carbons (Fsp3) is 0.393. The van der Waals surface area contributed by atoms with Crippen molar-refractivity contribution in [1.29, 1.82) is 0 Å². The van der Waals surface area contributed by atoms with Crippen molar-refractivity contribution in [1.82, 2.24) is 15.1 Å². The van der Waals surface area contributed by atoms with Gasteiger partial charge in [0.05, 0.1) is 16.9 Å². The van der Waals surface area contributed by atoms with Gasteiger partial charge in [0.2, 0.25) is 11.8 Å². The first-order valence-electron chi connectivity index (χ1n) is 13.1. The van der Waals surface area contributed by atoms with Gasteiger partial charge in [0.1, 0.15) is 6.04 Å². The van der Waals surface area contributed by atoms with E-state index in [1.54, 1.807) is 4.90 Å². The number of hydrogen-bond acceptors (Lipinski definition) is 8. The Morgan fingerprint density at radius 3 is 2.10 bits per heavy atom. The first-order chi connectivity index (χ1) is 19.0. The number of likely N-dealkylation sites (tertiary alicyclic amines) is 1. The predicted molar refractivity (Wildman–Crippen MR) is 148 cm³/mol. The zero-order valence-electron chi connectivity index (χ0n) is 21.1. The maximum atomic E-state index is 14.4. The smallest absolute Gasteiger partial charge is 0.269 e. The molecule has 2 saturated heterocycles. The molecule has 4 unspecified atom stereocenters. The van der Waals surface area contributed by atoms with Crippen molar-refractivity contribution in [3.8, 4) is 0 Å². The summed E-state index contributed by atoms with van der Waals surface area (Å²) in [6.07, 6.45) is 1.57. The maximum Gasteiger partial charge on any atom is 0.269 e. The molecule has 0 bridgehead atoms. The number of carbonyl (C=O) groups excluding carboxylic acids is 3. The Hall–Kier alpha value is -3.41. The summed E-state index contributed by atoms with van der Waals surface area (Å²) in [5.41, 5.74) is 0.239. The summed E-state index contributed by atoms with van der Waals surface area (Å²) in [4.78, 5) is 58.8. The lowest BCUT2D eigenvalue weighted by Crippen LogP contribution is -2.55. The van der Waals surface area contributed by atoms with E-state index in [2.05, 4.69) is 5.32 Å². The lowest BCUT2D eigenvalue weighted by atomic mass is 9.79. The Morgan fingerprint density at radius 1 is 0.897 bits per heavy atom. The number of nitro groups is 1. The Bertz CT molecular complexity index is 1370. The van der Waals surface area contributed by atoms with Crippen molar-refractivity contribution in [2.45, 2.75) is 30.8 Å². The normalized spacial score (nSPS) is 25.0. The highest BCUT2D eigenvalue weighted by Crippen LogP contribution is 2.54. The Balaban J connectivity index is 1.51. The lowest BCUT2D eigenvalue weighted by Gasteiger charge is -2.36. The molecule has 2 aliphatic heterocycles. The summed E-state index contributed by atoms with van der Waals surface area (Å²) in [5.74, 6) is -1.80. The summed E-state index contributed by atoms with van der Waals surface area (Å²) in [7, 11) is 0. The number of thiophene rings is 2. The number of rotatable bonds is 7. The van der Waals surface area contributed by atoms with Gasteiger partial charge >= 0.3 is 0 Å². The van der Waals surface area contributed by atoms with Crippen molar-refractivity contribution in [2.24, 2.45) is 11.8 Å². The molecule has 2 aromatic heterocycles. The molecule has 1 aromatic carbocycles. The van der Waals surface area contributed by atoms with E-state index < -0.39 is 28.8 Å². The van der Waals surface area contributed by atoms with Crippen molar-refractivity contribution in [2.75, 3.05) is 26.2 Å². The summed E-state index contributed by atoms with van der Waals surface area (Å²) in [6, 6.07) is 11.9. The Labute approximate surface area is 233 Å². The van der Waals surface area contributed by atoms with E-state index in [1.807, 2.05) is 39.9 Å². The number of Topliss-reactive ketones (excluding diaryl/α,β-unsaturated/α-hetero) is 1. The van der Waals surface area contributed by atoms with Crippen molar-refractivity contribution in [3.63, 3.8) is 0 Å². The number of piperazine rings is 1. The molecule has 4 heterocycles. The van der Waals surface area contributed by atoms with Crippen LogP contribution in [0.4, 0.5) is 5.69 Å². The summed E-state index contributed by atoms with van der Waals surface area (Å²) >= 11 is 2.97. The Morgan fingerprint density at radius 2 is 1.54 bits per heavy atom. The molecule has 0 radical (unpaired) electrons. The standard InChI is InChI=1S/C28H28N4O5S2/c33-26(17-7-9-19(10-8-17)32(36)37)23-22(20-3-1-15-38-20)25(28(35)30-13-11-29-12-14-30)31(27(34)18-5-6-18)24(23)21-4-2-16-39-21/h1-4,7-10,15-16,18,22-25,29H,5-6,11-14H2. The monoisotopic (exact) mass is 564 g/mol. The Kier molecular flexibility index (Phi) is 7.05. The molecule has 3 fully saturated rings. The molecule has 2 amide bonds. The van der Waals surface area contributed by atoms with Gasteiger partial charge in [-0.2, -0.15) is 0 Å². The second-order valence-corrected chi connectivity index (χ2v) is 12.2. The number of benzene rings is 1. The van der Waals surface area contributed by atoms with E-state index in [1.165, 1.54) is 46.9 Å². The minimum absolute atomic E-state index is 0.0672. The number of nitrogens with one attached hydrogen (secondary N) is 1. The quantitative estimate of drug-likeness (QED) is 0.263. The highest BCUT2D eigenvalue weighted by Gasteiger charge is 2.60. The average Bonchev–Trinajstić information content (AvgIpc) is 3.32. The fourth-order valence-corrected chi connectivity index (χ4v) is 7.68. The van der Waals surface area contributed by atoms with E-state index >= 15 is 0 Å². The minimum Gasteiger partial charge on any atom is -0.338 e. The molecule has 9 nitrogen and oxygen atoms in total. The van der Waals surface area contributed by atoms with Gasteiger partial charge in [-0.25, -0.2) is 0 Å². The first-order valence-corrected chi connectivity index (χ1v) is 14.9. The van der Waals surface area contributed by atoms with Crippen LogP contribution in [0.2, 0.25) is 0 Å².